The molecule has 2 rings (SSSR count). The highest BCUT2D eigenvalue weighted by Gasteiger charge is 2.15. The van der Waals surface area contributed by atoms with Gasteiger partial charge in [0.05, 0.1) is 0 Å². The van der Waals surface area contributed by atoms with Crippen LogP contribution in [-0.4, -0.2) is 30.8 Å². The standard InChI is InChI=1S/C22H27NO4S/c1-4-6-19-13-21(28-15(19)2)22(26)27-14-20(25)18-10-8-17(9-11-18)7-5-12-23-16(3)24/h8-11,13H,4-7,12,14H2,1-3H3,(H,23,24). The van der Waals surface area contributed by atoms with Crippen LogP contribution in [0.1, 0.15) is 62.7 Å². The second-order valence-corrected chi connectivity index (χ2v) is 7.98. The van der Waals surface area contributed by atoms with E-state index >= 15 is 0 Å². The normalized spacial score (nSPS) is 10.5. The lowest BCUT2D eigenvalue weighted by Gasteiger charge is -2.05. The molecule has 1 aromatic heterocycles. The predicted octanol–water partition coefficient (Wildman–Crippen LogP) is 4.12. The van der Waals surface area contributed by atoms with Gasteiger partial charge in [0.25, 0.3) is 0 Å². The molecule has 1 amide bonds. The van der Waals surface area contributed by atoms with Gasteiger partial charge in [0, 0.05) is 23.9 Å². The third-order valence-corrected chi connectivity index (χ3v) is 5.44. The van der Waals surface area contributed by atoms with Gasteiger partial charge in [-0.25, -0.2) is 4.79 Å². The van der Waals surface area contributed by atoms with Crippen LogP contribution in [0, 0.1) is 6.92 Å². The van der Waals surface area contributed by atoms with Crippen LogP contribution in [0.15, 0.2) is 30.3 Å². The van der Waals surface area contributed by atoms with E-state index in [0.717, 1.165) is 36.1 Å². The lowest BCUT2D eigenvalue weighted by atomic mass is 10.1. The summed E-state index contributed by atoms with van der Waals surface area (Å²) >= 11 is 1.41. The number of hydrogen-bond donors (Lipinski definition) is 1. The highest BCUT2D eigenvalue weighted by molar-refractivity contribution is 7.14. The van der Waals surface area contributed by atoms with E-state index in [0.29, 0.717) is 17.0 Å². The van der Waals surface area contributed by atoms with Crippen LogP contribution in [0.5, 0.6) is 0 Å². The van der Waals surface area contributed by atoms with E-state index in [4.69, 9.17) is 4.74 Å². The molecule has 1 N–H and O–H groups in total. The summed E-state index contributed by atoms with van der Waals surface area (Å²) in [6.07, 6.45) is 3.62. The number of rotatable bonds is 10. The molecular weight excluding hydrogens is 374 g/mol. The summed E-state index contributed by atoms with van der Waals surface area (Å²) in [5.41, 5.74) is 2.78. The Bertz CT molecular complexity index is 824. The van der Waals surface area contributed by atoms with E-state index in [1.165, 1.54) is 23.8 Å². The number of carbonyl (C=O) groups is 3. The zero-order chi connectivity index (χ0) is 20.5. The molecule has 0 saturated carbocycles. The van der Waals surface area contributed by atoms with Gasteiger partial charge in [0.1, 0.15) is 4.88 Å². The molecule has 1 aromatic carbocycles. The summed E-state index contributed by atoms with van der Waals surface area (Å²) in [6, 6.07) is 9.15. The van der Waals surface area contributed by atoms with Gasteiger partial charge in [0.2, 0.25) is 5.91 Å². The van der Waals surface area contributed by atoms with Crippen molar-refractivity contribution in [2.24, 2.45) is 0 Å². The zero-order valence-electron chi connectivity index (χ0n) is 16.7. The first-order valence-corrected chi connectivity index (χ1v) is 10.3. The van der Waals surface area contributed by atoms with Gasteiger partial charge in [-0.3, -0.25) is 9.59 Å². The molecule has 0 aliphatic heterocycles. The molecule has 0 radical (unpaired) electrons. The van der Waals surface area contributed by atoms with E-state index in [9.17, 15) is 14.4 Å². The lowest BCUT2D eigenvalue weighted by Crippen LogP contribution is -2.21. The summed E-state index contributed by atoms with van der Waals surface area (Å²) in [7, 11) is 0. The highest BCUT2D eigenvalue weighted by Crippen LogP contribution is 2.23. The van der Waals surface area contributed by atoms with Crippen LogP contribution in [0.4, 0.5) is 0 Å². The molecule has 0 spiro atoms. The number of thiophene rings is 1. The maximum absolute atomic E-state index is 12.3. The topological polar surface area (TPSA) is 72.5 Å². The third-order valence-electron chi connectivity index (χ3n) is 4.37. The van der Waals surface area contributed by atoms with Crippen molar-refractivity contribution in [2.45, 2.75) is 46.5 Å². The van der Waals surface area contributed by atoms with Crippen molar-refractivity contribution < 1.29 is 19.1 Å². The fourth-order valence-electron chi connectivity index (χ4n) is 2.84. The van der Waals surface area contributed by atoms with E-state index in [1.54, 1.807) is 12.1 Å². The van der Waals surface area contributed by atoms with Crippen molar-refractivity contribution in [1.29, 1.82) is 0 Å². The average molecular weight is 402 g/mol. The second-order valence-electron chi connectivity index (χ2n) is 6.72. The van der Waals surface area contributed by atoms with Gasteiger partial charge in [-0.2, -0.15) is 0 Å². The first kappa shape index (κ1) is 21.8. The average Bonchev–Trinajstić information content (AvgIpc) is 3.04. The number of benzene rings is 1. The minimum absolute atomic E-state index is 0.0326. The Hall–Kier alpha value is -2.47. The Balaban J connectivity index is 1.83. The number of Topliss-reactive ketones (excluding diaryl/α,β-unsaturated/α-hetero) is 1. The molecule has 150 valence electrons. The van der Waals surface area contributed by atoms with E-state index in [-0.39, 0.29) is 18.3 Å². The smallest absolute Gasteiger partial charge is 0.348 e. The molecule has 0 saturated heterocycles. The van der Waals surface area contributed by atoms with Crippen molar-refractivity contribution in [3.63, 3.8) is 0 Å². The van der Waals surface area contributed by atoms with E-state index < -0.39 is 5.97 Å². The number of carbonyl (C=O) groups excluding carboxylic acids is 3. The predicted molar refractivity (Wildman–Crippen MR) is 111 cm³/mol. The molecule has 0 aliphatic carbocycles. The zero-order valence-corrected chi connectivity index (χ0v) is 17.5. The number of nitrogens with one attached hydrogen (secondary N) is 1. The van der Waals surface area contributed by atoms with E-state index in [1.807, 2.05) is 25.1 Å². The molecule has 28 heavy (non-hydrogen) atoms. The van der Waals surface area contributed by atoms with Gasteiger partial charge in [-0.05, 0) is 43.4 Å². The SMILES string of the molecule is CCCc1cc(C(=O)OCC(=O)c2ccc(CCCNC(C)=O)cc2)sc1C. The lowest BCUT2D eigenvalue weighted by molar-refractivity contribution is -0.118. The third kappa shape index (κ3) is 6.60. The van der Waals surface area contributed by atoms with Gasteiger partial charge in [0.15, 0.2) is 12.4 Å². The van der Waals surface area contributed by atoms with Crippen LogP contribution in [0.25, 0.3) is 0 Å². The number of amides is 1. The van der Waals surface area contributed by atoms with Crippen molar-refractivity contribution in [2.75, 3.05) is 13.2 Å². The Morgan fingerprint density at radius 2 is 1.82 bits per heavy atom. The molecule has 0 fully saturated rings. The molecule has 2 aromatic rings. The first-order chi connectivity index (χ1) is 13.4. The number of ketones is 1. The molecule has 0 aliphatic rings. The van der Waals surface area contributed by atoms with Gasteiger partial charge >= 0.3 is 5.97 Å². The first-order valence-electron chi connectivity index (χ1n) is 9.53. The number of esters is 1. The summed E-state index contributed by atoms with van der Waals surface area (Å²) in [4.78, 5) is 37.0. The molecule has 0 bridgehead atoms. The van der Waals surface area contributed by atoms with Crippen molar-refractivity contribution in [3.05, 3.63) is 56.8 Å². The molecule has 0 atom stereocenters. The fraction of sp³-hybridized carbons (Fsp3) is 0.409. The Morgan fingerprint density at radius 1 is 1.11 bits per heavy atom. The maximum Gasteiger partial charge on any atom is 0.348 e. The quantitative estimate of drug-likeness (QED) is 0.369. The molecule has 5 nitrogen and oxygen atoms in total. The fourth-order valence-corrected chi connectivity index (χ4v) is 3.80. The van der Waals surface area contributed by atoms with Gasteiger partial charge < -0.3 is 10.1 Å². The van der Waals surface area contributed by atoms with Gasteiger partial charge in [-0.15, -0.1) is 11.3 Å². The molecule has 0 unspecified atom stereocenters. The van der Waals surface area contributed by atoms with Crippen molar-refractivity contribution in [1.82, 2.24) is 5.32 Å². The number of hydrogen-bond acceptors (Lipinski definition) is 5. The molecule has 1 heterocycles. The summed E-state index contributed by atoms with van der Waals surface area (Å²) in [6.45, 7) is 5.96. The minimum atomic E-state index is -0.446. The highest BCUT2D eigenvalue weighted by atomic mass is 32.1. The van der Waals surface area contributed by atoms with Crippen LogP contribution in [0.3, 0.4) is 0 Å². The Kier molecular flexibility index (Phi) is 8.39. The maximum atomic E-state index is 12.3. The van der Waals surface area contributed by atoms with Gasteiger partial charge in [-0.1, -0.05) is 37.6 Å². The van der Waals surface area contributed by atoms with E-state index in [2.05, 4.69) is 12.2 Å². The summed E-state index contributed by atoms with van der Waals surface area (Å²) in [5, 5.41) is 2.76. The summed E-state index contributed by atoms with van der Waals surface area (Å²) in [5.74, 6) is -0.701. The van der Waals surface area contributed by atoms with Crippen LogP contribution < -0.4 is 5.32 Å². The number of aryl methyl sites for hydroxylation is 3. The molecule has 6 heteroatoms. The summed E-state index contributed by atoms with van der Waals surface area (Å²) < 4.78 is 5.20. The van der Waals surface area contributed by atoms with Crippen LogP contribution in [0.2, 0.25) is 0 Å². The second kappa shape index (κ2) is 10.8. The number of ether oxygens (including phenoxy) is 1. The Labute approximate surface area is 170 Å². The van der Waals surface area contributed by atoms with Crippen molar-refractivity contribution in [3.8, 4) is 0 Å². The Morgan fingerprint density at radius 3 is 2.46 bits per heavy atom. The van der Waals surface area contributed by atoms with Crippen LogP contribution >= 0.6 is 11.3 Å². The molecular formula is C22H27NO4S. The monoisotopic (exact) mass is 401 g/mol. The van der Waals surface area contributed by atoms with Crippen molar-refractivity contribution >= 4 is 29.0 Å². The van der Waals surface area contributed by atoms with Crippen LogP contribution in [-0.2, 0) is 22.4 Å². The largest absolute Gasteiger partial charge is 0.453 e. The minimum Gasteiger partial charge on any atom is -0.453 e.